The summed E-state index contributed by atoms with van der Waals surface area (Å²) in [4.78, 5) is 28.8. The second-order valence-corrected chi connectivity index (χ2v) is 4.90. The molecule has 1 fully saturated rings. The maximum absolute atomic E-state index is 12.3. The average Bonchev–Trinajstić information content (AvgIpc) is 2.72. The lowest BCUT2D eigenvalue weighted by atomic mass is 9.98. The van der Waals surface area contributed by atoms with Crippen LogP contribution in [-0.2, 0) is 4.79 Å². The number of hydrogen-bond acceptors (Lipinski definition) is 3. The van der Waals surface area contributed by atoms with Crippen LogP contribution in [-0.4, -0.2) is 39.0 Å². The van der Waals surface area contributed by atoms with Gasteiger partial charge < -0.3 is 10.0 Å². The number of likely N-dealkylation sites (tertiary alicyclic amines) is 1. The van der Waals surface area contributed by atoms with Crippen LogP contribution in [0.2, 0.25) is 5.02 Å². The fourth-order valence-electron chi connectivity index (χ4n) is 2.21. The number of rotatable bonds is 2. The highest BCUT2D eigenvalue weighted by atomic mass is 35.5. The summed E-state index contributed by atoms with van der Waals surface area (Å²) in [6.07, 6.45) is 3.98. The third-order valence-electron chi connectivity index (χ3n) is 3.35. The van der Waals surface area contributed by atoms with Crippen LogP contribution in [0, 0.1) is 0 Å². The number of aliphatic carboxylic acids is 1. The lowest BCUT2D eigenvalue weighted by Gasteiger charge is -2.31. The molecule has 0 radical (unpaired) electrons. The topological polar surface area (TPSA) is 70.5 Å². The molecular formula is C12H13ClN2O3. The smallest absolute Gasteiger partial charge is 0.329 e. The summed E-state index contributed by atoms with van der Waals surface area (Å²) in [5.74, 6) is -1.34. The molecule has 0 bridgehead atoms. The lowest BCUT2D eigenvalue weighted by Crippen LogP contribution is -2.50. The summed E-state index contributed by atoms with van der Waals surface area (Å²) in [5.41, 5.74) is -0.856. The number of halogens is 1. The van der Waals surface area contributed by atoms with E-state index in [1.54, 1.807) is 6.92 Å². The third kappa shape index (κ3) is 1.95. The van der Waals surface area contributed by atoms with Gasteiger partial charge in [0.1, 0.15) is 5.54 Å². The number of nitrogens with zero attached hydrogens (tertiary/aromatic N) is 2. The van der Waals surface area contributed by atoms with Crippen molar-refractivity contribution in [2.24, 2.45) is 0 Å². The molecule has 5 nitrogen and oxygen atoms in total. The van der Waals surface area contributed by atoms with Crippen LogP contribution >= 0.6 is 11.6 Å². The first-order valence-electron chi connectivity index (χ1n) is 5.61. The van der Waals surface area contributed by atoms with E-state index in [1.807, 2.05) is 0 Å². The van der Waals surface area contributed by atoms with Gasteiger partial charge in [-0.1, -0.05) is 11.6 Å². The van der Waals surface area contributed by atoms with E-state index >= 15 is 0 Å². The highest BCUT2D eigenvalue weighted by Gasteiger charge is 2.46. The molecule has 0 saturated carbocycles. The van der Waals surface area contributed by atoms with Crippen LogP contribution in [0.5, 0.6) is 0 Å². The first-order valence-corrected chi connectivity index (χ1v) is 5.99. The quantitative estimate of drug-likeness (QED) is 0.888. The van der Waals surface area contributed by atoms with E-state index in [9.17, 15) is 14.7 Å². The number of hydrogen-bond donors (Lipinski definition) is 1. The molecule has 6 heteroatoms. The van der Waals surface area contributed by atoms with Gasteiger partial charge in [-0.25, -0.2) is 4.79 Å². The molecule has 1 aliphatic heterocycles. The van der Waals surface area contributed by atoms with Crippen LogP contribution in [0.15, 0.2) is 18.5 Å². The molecule has 96 valence electrons. The van der Waals surface area contributed by atoms with Gasteiger partial charge in [-0.2, -0.15) is 0 Å². The highest BCUT2D eigenvalue weighted by molar-refractivity contribution is 6.33. The van der Waals surface area contributed by atoms with Crippen molar-refractivity contribution in [3.8, 4) is 0 Å². The summed E-state index contributed by atoms with van der Waals surface area (Å²) in [6, 6.07) is 1.51. The SMILES string of the molecule is CC1(C(=O)O)CCCN1C(=O)c1ccncc1Cl. The fraction of sp³-hybridized carbons (Fsp3) is 0.417. The number of carbonyl (C=O) groups excluding carboxylic acids is 1. The molecule has 0 aromatic carbocycles. The number of carboxylic acid groups (broad SMARTS) is 1. The van der Waals surface area contributed by atoms with E-state index in [-0.39, 0.29) is 10.9 Å². The van der Waals surface area contributed by atoms with Crippen LogP contribution in [0.1, 0.15) is 30.1 Å². The Bertz CT molecular complexity index is 506. The van der Waals surface area contributed by atoms with E-state index in [2.05, 4.69) is 4.98 Å². The molecule has 2 heterocycles. The summed E-state index contributed by atoms with van der Waals surface area (Å²) < 4.78 is 0. The molecule has 1 aromatic rings. The molecule has 1 aliphatic rings. The van der Waals surface area contributed by atoms with Crippen LogP contribution in [0.4, 0.5) is 0 Å². The van der Waals surface area contributed by atoms with Crippen molar-refractivity contribution < 1.29 is 14.7 Å². The maximum atomic E-state index is 12.3. The van der Waals surface area contributed by atoms with Crippen molar-refractivity contribution in [3.63, 3.8) is 0 Å². The standard InChI is InChI=1S/C12H13ClN2O3/c1-12(11(17)18)4-2-6-15(12)10(16)8-3-5-14-7-9(8)13/h3,5,7H,2,4,6H2,1H3,(H,17,18). The zero-order valence-electron chi connectivity index (χ0n) is 9.89. The number of carboxylic acids is 1. The monoisotopic (exact) mass is 268 g/mol. The van der Waals surface area contributed by atoms with Crippen LogP contribution in [0.3, 0.4) is 0 Å². The van der Waals surface area contributed by atoms with Crippen molar-refractivity contribution in [2.75, 3.05) is 6.54 Å². The van der Waals surface area contributed by atoms with E-state index in [0.29, 0.717) is 24.9 Å². The van der Waals surface area contributed by atoms with Gasteiger partial charge in [-0.05, 0) is 25.8 Å². The molecular weight excluding hydrogens is 256 g/mol. The number of aromatic nitrogens is 1. The molecule has 0 aliphatic carbocycles. The predicted octanol–water partition coefficient (Wildman–Crippen LogP) is 1.81. The van der Waals surface area contributed by atoms with Crippen molar-refractivity contribution in [2.45, 2.75) is 25.3 Å². The lowest BCUT2D eigenvalue weighted by molar-refractivity contribution is -0.147. The van der Waals surface area contributed by atoms with Crippen molar-refractivity contribution >= 4 is 23.5 Å². The minimum Gasteiger partial charge on any atom is -0.480 e. The molecule has 1 atom stereocenters. The Hall–Kier alpha value is -1.62. The predicted molar refractivity (Wildman–Crippen MR) is 65.6 cm³/mol. The van der Waals surface area contributed by atoms with Gasteiger partial charge in [-0.15, -0.1) is 0 Å². The molecule has 1 saturated heterocycles. The molecule has 18 heavy (non-hydrogen) atoms. The Morgan fingerprint density at radius 2 is 2.28 bits per heavy atom. The minimum atomic E-state index is -1.15. The maximum Gasteiger partial charge on any atom is 0.329 e. The van der Waals surface area contributed by atoms with Gasteiger partial charge in [0.2, 0.25) is 0 Å². The van der Waals surface area contributed by atoms with Gasteiger partial charge >= 0.3 is 5.97 Å². The molecule has 1 aromatic heterocycles. The third-order valence-corrected chi connectivity index (χ3v) is 3.65. The van der Waals surface area contributed by atoms with Gasteiger partial charge in [0, 0.05) is 18.9 Å². The van der Waals surface area contributed by atoms with Gasteiger partial charge in [0.25, 0.3) is 5.91 Å². The van der Waals surface area contributed by atoms with E-state index < -0.39 is 11.5 Å². The Balaban J connectivity index is 2.35. The zero-order chi connectivity index (χ0) is 13.3. The molecule has 1 amide bonds. The van der Waals surface area contributed by atoms with Gasteiger partial charge in [-0.3, -0.25) is 9.78 Å². The van der Waals surface area contributed by atoms with Crippen molar-refractivity contribution in [3.05, 3.63) is 29.0 Å². The zero-order valence-corrected chi connectivity index (χ0v) is 10.6. The molecule has 0 spiro atoms. The second-order valence-electron chi connectivity index (χ2n) is 4.49. The molecule has 1 unspecified atom stereocenters. The second kappa shape index (κ2) is 4.57. The fourth-order valence-corrected chi connectivity index (χ4v) is 2.41. The first kappa shape index (κ1) is 12.8. The Labute approximate surface area is 109 Å². The summed E-state index contributed by atoms with van der Waals surface area (Å²) in [5, 5.41) is 9.51. The molecule has 2 rings (SSSR count). The van der Waals surface area contributed by atoms with E-state index in [4.69, 9.17) is 11.6 Å². The van der Waals surface area contributed by atoms with Crippen LogP contribution in [0.25, 0.3) is 0 Å². The summed E-state index contributed by atoms with van der Waals surface area (Å²) >= 11 is 5.91. The average molecular weight is 269 g/mol. The normalized spacial score (nSPS) is 23.1. The Morgan fingerprint density at radius 3 is 2.89 bits per heavy atom. The minimum absolute atomic E-state index is 0.238. The summed E-state index contributed by atoms with van der Waals surface area (Å²) in [7, 11) is 0. The van der Waals surface area contributed by atoms with Crippen LogP contribution < -0.4 is 0 Å². The highest BCUT2D eigenvalue weighted by Crippen LogP contribution is 2.31. The Kier molecular flexibility index (Phi) is 3.26. The van der Waals surface area contributed by atoms with E-state index in [1.165, 1.54) is 23.4 Å². The number of amides is 1. The molecule has 1 N–H and O–H groups in total. The van der Waals surface area contributed by atoms with Gasteiger partial charge in [0.05, 0.1) is 10.6 Å². The largest absolute Gasteiger partial charge is 0.480 e. The number of pyridine rings is 1. The van der Waals surface area contributed by atoms with Crippen molar-refractivity contribution in [1.82, 2.24) is 9.88 Å². The summed E-state index contributed by atoms with van der Waals surface area (Å²) in [6.45, 7) is 2.00. The first-order chi connectivity index (χ1) is 8.47. The van der Waals surface area contributed by atoms with Gasteiger partial charge in [0.15, 0.2) is 0 Å². The van der Waals surface area contributed by atoms with Crippen molar-refractivity contribution in [1.29, 1.82) is 0 Å². The Morgan fingerprint density at radius 1 is 1.56 bits per heavy atom. The van der Waals surface area contributed by atoms with E-state index in [0.717, 1.165) is 0 Å². The number of carbonyl (C=O) groups is 2.